The van der Waals surface area contributed by atoms with E-state index in [0.29, 0.717) is 6.61 Å². The maximum atomic E-state index is 5.60. The second kappa shape index (κ2) is 5.33. The van der Waals surface area contributed by atoms with Gasteiger partial charge in [-0.1, -0.05) is 6.92 Å². The van der Waals surface area contributed by atoms with E-state index in [1.54, 1.807) is 7.11 Å². The zero-order valence-corrected chi connectivity index (χ0v) is 10.1. The van der Waals surface area contributed by atoms with Crippen molar-refractivity contribution in [3.63, 3.8) is 0 Å². The molecule has 0 aliphatic rings. The lowest BCUT2D eigenvalue weighted by Crippen LogP contribution is -2.42. The van der Waals surface area contributed by atoms with Crippen LogP contribution in [0.2, 0.25) is 0 Å². The van der Waals surface area contributed by atoms with Crippen molar-refractivity contribution in [2.24, 2.45) is 0 Å². The third kappa shape index (κ3) is 4.06. The van der Waals surface area contributed by atoms with Crippen molar-refractivity contribution in [2.45, 2.75) is 39.3 Å². The molecule has 1 rings (SSSR count). The predicted molar refractivity (Wildman–Crippen MR) is 60.9 cm³/mol. The minimum Gasteiger partial charge on any atom is -0.465 e. The first-order chi connectivity index (χ1) is 7.07. The highest BCUT2D eigenvalue weighted by Gasteiger charge is 2.16. The average Bonchev–Trinajstić information content (AvgIpc) is 2.62. The first-order valence-electron chi connectivity index (χ1n) is 5.39. The van der Waals surface area contributed by atoms with Crippen molar-refractivity contribution < 1.29 is 9.15 Å². The molecule has 0 spiro atoms. The van der Waals surface area contributed by atoms with Crippen LogP contribution in [0, 0.1) is 0 Å². The molecule has 86 valence electrons. The largest absolute Gasteiger partial charge is 0.465 e. The van der Waals surface area contributed by atoms with Crippen LogP contribution in [0.3, 0.4) is 0 Å². The molecule has 0 aliphatic carbocycles. The number of ether oxygens (including phenoxy) is 1. The molecule has 0 saturated heterocycles. The van der Waals surface area contributed by atoms with Gasteiger partial charge in [-0.25, -0.2) is 0 Å². The molecule has 0 bridgehead atoms. The molecule has 1 aromatic heterocycles. The Hall–Kier alpha value is -0.800. The van der Waals surface area contributed by atoms with Gasteiger partial charge >= 0.3 is 0 Å². The summed E-state index contributed by atoms with van der Waals surface area (Å²) in [7, 11) is 1.71. The van der Waals surface area contributed by atoms with Gasteiger partial charge in [-0.3, -0.25) is 0 Å². The zero-order chi connectivity index (χ0) is 11.3. The molecule has 1 N–H and O–H groups in total. The van der Waals surface area contributed by atoms with Crippen molar-refractivity contribution >= 4 is 0 Å². The first kappa shape index (κ1) is 12.3. The molecule has 0 aliphatic heterocycles. The summed E-state index contributed by atoms with van der Waals surface area (Å²) in [5.41, 5.74) is -0.0199. The molecule has 0 amide bonds. The summed E-state index contributed by atoms with van der Waals surface area (Å²) in [6, 6.07) is 4.05. The van der Waals surface area contributed by atoms with E-state index >= 15 is 0 Å². The Bertz CT molecular complexity index is 292. The second-order valence-corrected chi connectivity index (χ2v) is 4.39. The number of rotatable bonds is 6. The zero-order valence-electron chi connectivity index (χ0n) is 10.1. The van der Waals surface area contributed by atoms with Gasteiger partial charge in [0.25, 0.3) is 0 Å². The van der Waals surface area contributed by atoms with Gasteiger partial charge in [0.1, 0.15) is 11.5 Å². The van der Waals surface area contributed by atoms with E-state index in [9.17, 15) is 0 Å². The van der Waals surface area contributed by atoms with Crippen LogP contribution in [0.5, 0.6) is 0 Å². The molecular weight excluding hydrogens is 190 g/mol. The lowest BCUT2D eigenvalue weighted by molar-refractivity contribution is 0.126. The number of hydrogen-bond acceptors (Lipinski definition) is 3. The van der Waals surface area contributed by atoms with E-state index in [1.165, 1.54) is 0 Å². The minimum absolute atomic E-state index is 0.0199. The fourth-order valence-electron chi connectivity index (χ4n) is 1.45. The molecule has 1 heterocycles. The van der Waals surface area contributed by atoms with E-state index in [0.717, 1.165) is 24.5 Å². The lowest BCUT2D eigenvalue weighted by Gasteiger charge is -2.24. The van der Waals surface area contributed by atoms with Crippen LogP contribution in [-0.4, -0.2) is 19.3 Å². The fraction of sp³-hybridized carbons (Fsp3) is 0.667. The summed E-state index contributed by atoms with van der Waals surface area (Å²) in [6.07, 6.45) is 0.946. The van der Waals surface area contributed by atoms with Crippen LogP contribution in [0.4, 0.5) is 0 Å². The van der Waals surface area contributed by atoms with Gasteiger partial charge in [-0.2, -0.15) is 0 Å². The SMILES string of the molecule is CCc1ccc(CNC(C)(C)COC)o1. The Morgan fingerprint density at radius 3 is 2.53 bits per heavy atom. The van der Waals surface area contributed by atoms with Gasteiger partial charge in [0.2, 0.25) is 0 Å². The molecular formula is C12H21NO2. The van der Waals surface area contributed by atoms with Gasteiger partial charge < -0.3 is 14.5 Å². The highest BCUT2D eigenvalue weighted by Crippen LogP contribution is 2.10. The molecule has 0 radical (unpaired) electrons. The number of nitrogens with one attached hydrogen (secondary N) is 1. The summed E-state index contributed by atoms with van der Waals surface area (Å²) in [5.74, 6) is 2.02. The maximum Gasteiger partial charge on any atom is 0.117 e. The van der Waals surface area contributed by atoms with Crippen LogP contribution in [0.15, 0.2) is 16.5 Å². The van der Waals surface area contributed by atoms with Crippen molar-refractivity contribution in [3.8, 4) is 0 Å². The summed E-state index contributed by atoms with van der Waals surface area (Å²) in [4.78, 5) is 0. The standard InChI is InChI=1S/C12H21NO2/c1-5-10-6-7-11(15-10)8-13-12(2,3)9-14-4/h6-7,13H,5,8-9H2,1-4H3. The Morgan fingerprint density at radius 2 is 2.00 bits per heavy atom. The average molecular weight is 211 g/mol. The van der Waals surface area contributed by atoms with Crippen molar-refractivity contribution in [1.29, 1.82) is 0 Å². The van der Waals surface area contributed by atoms with E-state index in [2.05, 4.69) is 26.1 Å². The monoisotopic (exact) mass is 211 g/mol. The van der Waals surface area contributed by atoms with Gasteiger partial charge in [0, 0.05) is 19.1 Å². The summed E-state index contributed by atoms with van der Waals surface area (Å²) in [5, 5.41) is 3.39. The molecule has 0 fully saturated rings. The molecule has 1 aromatic rings. The minimum atomic E-state index is -0.0199. The Balaban J connectivity index is 2.42. The van der Waals surface area contributed by atoms with E-state index < -0.39 is 0 Å². The number of aryl methyl sites for hydroxylation is 1. The number of methoxy groups -OCH3 is 1. The Kier molecular flexibility index (Phi) is 4.36. The van der Waals surface area contributed by atoms with Crippen molar-refractivity contribution in [3.05, 3.63) is 23.7 Å². The topological polar surface area (TPSA) is 34.4 Å². The molecule has 0 unspecified atom stereocenters. The van der Waals surface area contributed by atoms with Crippen LogP contribution in [0.25, 0.3) is 0 Å². The highest BCUT2D eigenvalue weighted by atomic mass is 16.5. The van der Waals surface area contributed by atoms with E-state index in [-0.39, 0.29) is 5.54 Å². The Morgan fingerprint density at radius 1 is 1.33 bits per heavy atom. The molecule has 3 heteroatoms. The van der Waals surface area contributed by atoms with E-state index in [4.69, 9.17) is 9.15 Å². The van der Waals surface area contributed by atoms with Crippen molar-refractivity contribution in [1.82, 2.24) is 5.32 Å². The van der Waals surface area contributed by atoms with Gasteiger partial charge in [-0.05, 0) is 26.0 Å². The molecule has 0 atom stereocenters. The first-order valence-corrected chi connectivity index (χ1v) is 5.39. The quantitative estimate of drug-likeness (QED) is 0.784. The van der Waals surface area contributed by atoms with E-state index in [1.807, 2.05) is 12.1 Å². The van der Waals surface area contributed by atoms with Crippen LogP contribution in [-0.2, 0) is 17.7 Å². The smallest absolute Gasteiger partial charge is 0.117 e. The van der Waals surface area contributed by atoms with Crippen LogP contribution >= 0.6 is 0 Å². The normalized spacial score (nSPS) is 12.0. The van der Waals surface area contributed by atoms with Crippen LogP contribution < -0.4 is 5.32 Å². The number of furan rings is 1. The molecule has 0 saturated carbocycles. The predicted octanol–water partition coefficient (Wildman–Crippen LogP) is 2.36. The third-order valence-electron chi connectivity index (χ3n) is 2.31. The van der Waals surface area contributed by atoms with Crippen molar-refractivity contribution in [2.75, 3.05) is 13.7 Å². The summed E-state index contributed by atoms with van der Waals surface area (Å²) in [6.45, 7) is 7.75. The second-order valence-electron chi connectivity index (χ2n) is 4.39. The maximum absolute atomic E-state index is 5.60. The van der Waals surface area contributed by atoms with Gasteiger partial charge in [0.05, 0.1) is 13.2 Å². The highest BCUT2D eigenvalue weighted by molar-refractivity contribution is 5.07. The lowest BCUT2D eigenvalue weighted by atomic mass is 10.1. The molecule has 3 nitrogen and oxygen atoms in total. The Labute approximate surface area is 91.8 Å². The molecule has 0 aromatic carbocycles. The fourth-order valence-corrected chi connectivity index (χ4v) is 1.45. The van der Waals surface area contributed by atoms with Gasteiger partial charge in [0.15, 0.2) is 0 Å². The van der Waals surface area contributed by atoms with Gasteiger partial charge in [-0.15, -0.1) is 0 Å². The summed E-state index contributed by atoms with van der Waals surface area (Å²) >= 11 is 0. The summed E-state index contributed by atoms with van der Waals surface area (Å²) < 4.78 is 10.7. The number of hydrogen-bond donors (Lipinski definition) is 1. The van der Waals surface area contributed by atoms with Crippen LogP contribution in [0.1, 0.15) is 32.3 Å². The molecule has 15 heavy (non-hydrogen) atoms. The third-order valence-corrected chi connectivity index (χ3v) is 2.31.